The minimum Gasteiger partial charge on any atom is -0.366 e. The number of nitrogens with two attached hydrogens (primary N) is 1. The van der Waals surface area contributed by atoms with Crippen molar-refractivity contribution >= 4 is 29.0 Å². The van der Waals surface area contributed by atoms with Gasteiger partial charge in [0.2, 0.25) is 0 Å². The molecule has 0 aliphatic carbocycles. The maximum Gasteiger partial charge on any atom is 0.323 e. The second kappa shape index (κ2) is 6.56. The van der Waals surface area contributed by atoms with Crippen molar-refractivity contribution in [1.82, 2.24) is 0 Å². The van der Waals surface area contributed by atoms with Crippen molar-refractivity contribution in [3.8, 4) is 0 Å². The number of carbonyl (C=O) groups excluding carboxylic acids is 2. The van der Waals surface area contributed by atoms with Gasteiger partial charge in [0.05, 0.1) is 21.9 Å². The number of primary amides is 1. The SMILES string of the molecule is Cc1ccc([N+](=O)[O-])cc1NC(=O)Nc1ccccc1C(N)=O. The number of para-hydroxylation sites is 1. The number of urea groups is 1. The first-order valence-electron chi connectivity index (χ1n) is 6.60. The summed E-state index contributed by atoms with van der Waals surface area (Å²) in [4.78, 5) is 33.6. The van der Waals surface area contributed by atoms with E-state index in [4.69, 9.17) is 5.73 Å². The molecule has 0 bridgehead atoms. The second-order valence-corrected chi connectivity index (χ2v) is 4.75. The van der Waals surface area contributed by atoms with E-state index in [1.54, 1.807) is 19.1 Å². The molecule has 8 heteroatoms. The first kappa shape index (κ1) is 16.0. The lowest BCUT2D eigenvalue weighted by molar-refractivity contribution is -0.384. The highest BCUT2D eigenvalue weighted by atomic mass is 16.6. The van der Waals surface area contributed by atoms with Crippen LogP contribution in [0, 0.1) is 17.0 Å². The van der Waals surface area contributed by atoms with Crippen LogP contribution in [0.25, 0.3) is 0 Å². The molecule has 0 heterocycles. The number of benzene rings is 2. The molecule has 8 nitrogen and oxygen atoms in total. The highest BCUT2D eigenvalue weighted by Gasteiger charge is 2.13. The molecule has 0 atom stereocenters. The minimum atomic E-state index is -0.674. The summed E-state index contributed by atoms with van der Waals surface area (Å²) < 4.78 is 0. The quantitative estimate of drug-likeness (QED) is 0.592. The van der Waals surface area contributed by atoms with E-state index in [1.165, 1.54) is 30.3 Å². The number of anilines is 2. The van der Waals surface area contributed by atoms with Gasteiger partial charge < -0.3 is 16.4 Å². The molecule has 0 saturated heterocycles. The smallest absolute Gasteiger partial charge is 0.323 e. The molecule has 2 aromatic carbocycles. The maximum absolute atomic E-state index is 12.0. The Morgan fingerprint density at radius 1 is 1.09 bits per heavy atom. The third-order valence-electron chi connectivity index (χ3n) is 3.12. The van der Waals surface area contributed by atoms with Crippen LogP contribution in [0.3, 0.4) is 0 Å². The van der Waals surface area contributed by atoms with Gasteiger partial charge >= 0.3 is 6.03 Å². The molecule has 0 radical (unpaired) electrons. The van der Waals surface area contributed by atoms with Gasteiger partial charge in [0.15, 0.2) is 0 Å². The zero-order valence-corrected chi connectivity index (χ0v) is 12.2. The van der Waals surface area contributed by atoms with Gasteiger partial charge in [0.25, 0.3) is 11.6 Å². The molecule has 0 aliphatic heterocycles. The van der Waals surface area contributed by atoms with Crippen LogP contribution in [0.15, 0.2) is 42.5 Å². The first-order chi connectivity index (χ1) is 10.9. The highest BCUT2D eigenvalue weighted by Crippen LogP contribution is 2.22. The molecule has 23 heavy (non-hydrogen) atoms. The zero-order chi connectivity index (χ0) is 17.0. The van der Waals surface area contributed by atoms with Crippen molar-refractivity contribution in [1.29, 1.82) is 0 Å². The Morgan fingerprint density at radius 3 is 2.39 bits per heavy atom. The fraction of sp³-hybridized carbons (Fsp3) is 0.0667. The molecule has 0 aromatic heterocycles. The minimum absolute atomic E-state index is 0.136. The summed E-state index contributed by atoms with van der Waals surface area (Å²) in [6, 6.07) is 9.77. The molecule has 4 N–H and O–H groups in total. The van der Waals surface area contributed by atoms with Crippen molar-refractivity contribution in [3.05, 3.63) is 63.7 Å². The van der Waals surface area contributed by atoms with Crippen LogP contribution in [-0.2, 0) is 0 Å². The van der Waals surface area contributed by atoms with Gasteiger partial charge in [-0.1, -0.05) is 18.2 Å². The van der Waals surface area contributed by atoms with E-state index in [0.29, 0.717) is 11.3 Å². The van der Waals surface area contributed by atoms with Crippen LogP contribution in [0.4, 0.5) is 21.9 Å². The van der Waals surface area contributed by atoms with E-state index in [1.807, 2.05) is 0 Å². The number of aryl methyl sites for hydroxylation is 1. The largest absolute Gasteiger partial charge is 0.366 e. The third kappa shape index (κ3) is 3.82. The van der Waals surface area contributed by atoms with Crippen LogP contribution in [0.5, 0.6) is 0 Å². The molecule has 0 unspecified atom stereocenters. The number of non-ortho nitro benzene ring substituents is 1. The molecule has 2 rings (SSSR count). The number of hydrogen-bond acceptors (Lipinski definition) is 4. The average molecular weight is 314 g/mol. The number of amides is 3. The zero-order valence-electron chi connectivity index (χ0n) is 12.2. The molecule has 0 aliphatic rings. The molecule has 0 saturated carbocycles. The second-order valence-electron chi connectivity index (χ2n) is 4.75. The van der Waals surface area contributed by atoms with Crippen molar-refractivity contribution in [3.63, 3.8) is 0 Å². The molecule has 0 fully saturated rings. The lowest BCUT2D eigenvalue weighted by atomic mass is 10.1. The predicted molar refractivity (Wildman–Crippen MR) is 85.4 cm³/mol. The van der Waals surface area contributed by atoms with Crippen molar-refractivity contribution < 1.29 is 14.5 Å². The Kier molecular flexibility index (Phi) is 4.55. The van der Waals surface area contributed by atoms with E-state index < -0.39 is 16.9 Å². The van der Waals surface area contributed by atoms with Gasteiger partial charge in [-0.2, -0.15) is 0 Å². The van der Waals surface area contributed by atoms with Gasteiger partial charge in [0, 0.05) is 12.1 Å². The van der Waals surface area contributed by atoms with Gasteiger partial charge in [-0.25, -0.2) is 4.79 Å². The van der Waals surface area contributed by atoms with E-state index in [0.717, 1.165) is 0 Å². The summed E-state index contributed by atoms with van der Waals surface area (Å²) >= 11 is 0. The molecular formula is C15H14N4O4. The Labute approximate surface area is 131 Å². The molecule has 0 spiro atoms. The Balaban J connectivity index is 2.19. The van der Waals surface area contributed by atoms with E-state index in [9.17, 15) is 19.7 Å². The van der Waals surface area contributed by atoms with Crippen LogP contribution >= 0.6 is 0 Å². The summed E-state index contributed by atoms with van der Waals surface area (Å²) in [6.45, 7) is 1.71. The number of nitrogens with one attached hydrogen (secondary N) is 2. The summed E-state index contributed by atoms with van der Waals surface area (Å²) in [7, 11) is 0. The highest BCUT2D eigenvalue weighted by molar-refractivity contribution is 6.06. The normalized spacial score (nSPS) is 9.96. The molecular weight excluding hydrogens is 300 g/mol. The van der Waals surface area contributed by atoms with Gasteiger partial charge in [-0.3, -0.25) is 14.9 Å². The molecule has 2 aromatic rings. The summed E-state index contributed by atoms with van der Waals surface area (Å²) in [6.07, 6.45) is 0. The lowest BCUT2D eigenvalue weighted by Gasteiger charge is -2.11. The molecule has 118 valence electrons. The molecule has 3 amide bonds. The monoisotopic (exact) mass is 314 g/mol. The van der Waals surface area contributed by atoms with Crippen molar-refractivity contribution in [2.45, 2.75) is 6.92 Å². The van der Waals surface area contributed by atoms with E-state index >= 15 is 0 Å². The average Bonchev–Trinajstić information content (AvgIpc) is 2.49. The topological polar surface area (TPSA) is 127 Å². The van der Waals surface area contributed by atoms with E-state index in [-0.39, 0.29) is 16.9 Å². The number of carbonyl (C=O) groups is 2. The van der Waals surface area contributed by atoms with Crippen LogP contribution < -0.4 is 16.4 Å². The predicted octanol–water partition coefficient (Wildman–Crippen LogP) is 2.65. The lowest BCUT2D eigenvalue weighted by Crippen LogP contribution is -2.22. The van der Waals surface area contributed by atoms with Gasteiger partial charge in [0.1, 0.15) is 0 Å². The van der Waals surface area contributed by atoms with Gasteiger partial charge in [-0.15, -0.1) is 0 Å². The summed E-state index contributed by atoms with van der Waals surface area (Å²) in [5.41, 5.74) is 6.47. The maximum atomic E-state index is 12.0. The third-order valence-corrected chi connectivity index (χ3v) is 3.12. The Bertz CT molecular complexity index is 789. The standard InChI is InChI=1S/C15H14N4O4/c1-9-6-7-10(19(22)23)8-13(9)18-15(21)17-12-5-3-2-4-11(12)14(16)20/h2-8H,1H3,(H2,16,20)(H2,17,18,21). The van der Waals surface area contributed by atoms with Crippen LogP contribution in [-0.4, -0.2) is 16.9 Å². The number of nitrogens with zero attached hydrogens (tertiary/aromatic N) is 1. The summed E-state index contributed by atoms with van der Waals surface area (Å²) in [5, 5.41) is 15.8. The Hall–Kier alpha value is -3.42. The fourth-order valence-corrected chi connectivity index (χ4v) is 1.94. The number of rotatable bonds is 4. The number of nitro groups is 1. The fourth-order valence-electron chi connectivity index (χ4n) is 1.94. The number of nitro benzene ring substituents is 1. The van der Waals surface area contributed by atoms with E-state index in [2.05, 4.69) is 10.6 Å². The van der Waals surface area contributed by atoms with Crippen LogP contribution in [0.1, 0.15) is 15.9 Å². The Morgan fingerprint density at radius 2 is 1.74 bits per heavy atom. The first-order valence-corrected chi connectivity index (χ1v) is 6.60. The summed E-state index contributed by atoms with van der Waals surface area (Å²) in [5.74, 6) is -0.674. The van der Waals surface area contributed by atoms with Crippen molar-refractivity contribution in [2.75, 3.05) is 10.6 Å². The van der Waals surface area contributed by atoms with Gasteiger partial charge in [-0.05, 0) is 24.6 Å². The van der Waals surface area contributed by atoms with Crippen molar-refractivity contribution in [2.24, 2.45) is 5.73 Å². The van der Waals surface area contributed by atoms with Crippen LogP contribution in [0.2, 0.25) is 0 Å². The number of hydrogen-bond donors (Lipinski definition) is 3.